The lowest BCUT2D eigenvalue weighted by molar-refractivity contribution is -0.252. The molecule has 1 aromatic rings. The van der Waals surface area contributed by atoms with Crippen LogP contribution in [-0.4, -0.2) is 22.9 Å². The number of unbranched alkanes of at least 4 members (excludes halogenated alkanes) is 2. The molecule has 24 heavy (non-hydrogen) atoms. The van der Waals surface area contributed by atoms with Gasteiger partial charge in [-0.3, -0.25) is 0 Å². The van der Waals surface area contributed by atoms with Gasteiger partial charge < -0.3 is 9.84 Å². The molecule has 0 amide bonds. The van der Waals surface area contributed by atoms with Crippen LogP contribution in [0.4, 0.5) is 13.2 Å². The van der Waals surface area contributed by atoms with Crippen LogP contribution in [0.1, 0.15) is 45.1 Å². The van der Waals surface area contributed by atoms with Crippen LogP contribution < -0.4 is 4.74 Å². The topological polar surface area (TPSA) is 46.5 Å². The van der Waals surface area contributed by atoms with Gasteiger partial charge in [-0.25, -0.2) is 4.79 Å². The first-order valence-electron chi connectivity index (χ1n) is 8.04. The summed E-state index contributed by atoms with van der Waals surface area (Å²) in [6, 6.07) is 6.18. The minimum absolute atomic E-state index is 0.0576. The van der Waals surface area contributed by atoms with Crippen molar-refractivity contribution in [2.75, 3.05) is 0 Å². The molecule has 3 nitrogen and oxygen atoms in total. The molecular formula is C18H21F3O3. The summed E-state index contributed by atoms with van der Waals surface area (Å²) in [6.07, 6.45) is -1.26. The van der Waals surface area contributed by atoms with E-state index in [4.69, 9.17) is 4.74 Å². The van der Waals surface area contributed by atoms with Crippen molar-refractivity contribution in [2.24, 2.45) is 5.92 Å². The number of benzene rings is 1. The van der Waals surface area contributed by atoms with Crippen LogP contribution in [0, 0.1) is 5.92 Å². The van der Waals surface area contributed by atoms with E-state index in [1.165, 1.54) is 13.0 Å². The van der Waals surface area contributed by atoms with Gasteiger partial charge in [0.1, 0.15) is 5.75 Å². The Labute approximate surface area is 139 Å². The second-order valence-corrected chi connectivity index (χ2v) is 6.13. The van der Waals surface area contributed by atoms with E-state index < -0.39 is 29.2 Å². The molecule has 0 radical (unpaired) electrons. The molecule has 1 aliphatic rings. The average Bonchev–Trinajstić information content (AvgIpc) is 2.52. The van der Waals surface area contributed by atoms with Gasteiger partial charge in [0.15, 0.2) is 0 Å². The normalized spacial score (nSPS) is 21.5. The van der Waals surface area contributed by atoms with Crippen LogP contribution in [0.25, 0.3) is 6.08 Å². The van der Waals surface area contributed by atoms with Crippen molar-refractivity contribution in [1.82, 2.24) is 0 Å². The maximum absolute atomic E-state index is 14.0. The summed E-state index contributed by atoms with van der Waals surface area (Å²) < 4.78 is 47.5. The summed E-state index contributed by atoms with van der Waals surface area (Å²) in [5.74, 6) is -2.56. The van der Waals surface area contributed by atoms with Crippen LogP contribution in [0.15, 0.2) is 29.8 Å². The van der Waals surface area contributed by atoms with Crippen molar-refractivity contribution in [3.05, 3.63) is 35.4 Å². The molecule has 2 unspecified atom stereocenters. The highest BCUT2D eigenvalue weighted by atomic mass is 19.4. The van der Waals surface area contributed by atoms with Gasteiger partial charge in [-0.05, 0) is 18.6 Å². The monoisotopic (exact) mass is 342 g/mol. The zero-order valence-corrected chi connectivity index (χ0v) is 13.7. The third-order valence-electron chi connectivity index (χ3n) is 4.48. The zero-order valence-electron chi connectivity index (χ0n) is 13.7. The van der Waals surface area contributed by atoms with Crippen LogP contribution in [0.3, 0.4) is 0 Å². The highest BCUT2D eigenvalue weighted by Crippen LogP contribution is 2.50. The SMILES string of the molecule is CCCCCC(C)C1(C(F)(F)F)Oc2ccccc2C=C1C(=O)O. The Hall–Kier alpha value is -1.98. The van der Waals surface area contributed by atoms with E-state index in [0.29, 0.717) is 12.0 Å². The predicted molar refractivity (Wildman–Crippen MR) is 84.8 cm³/mol. The molecule has 1 aromatic carbocycles. The van der Waals surface area contributed by atoms with Gasteiger partial charge in [-0.1, -0.05) is 51.3 Å². The van der Waals surface area contributed by atoms with Crippen molar-refractivity contribution in [2.45, 2.75) is 51.3 Å². The van der Waals surface area contributed by atoms with Gasteiger partial charge in [-0.2, -0.15) is 13.2 Å². The number of carboxylic acids is 1. The number of para-hydroxylation sites is 1. The van der Waals surface area contributed by atoms with Crippen LogP contribution in [0.2, 0.25) is 0 Å². The highest BCUT2D eigenvalue weighted by molar-refractivity contribution is 5.96. The minimum atomic E-state index is -4.84. The van der Waals surface area contributed by atoms with Crippen molar-refractivity contribution < 1.29 is 27.8 Å². The molecule has 2 rings (SSSR count). The summed E-state index contributed by atoms with van der Waals surface area (Å²) >= 11 is 0. The van der Waals surface area contributed by atoms with E-state index in [1.807, 2.05) is 6.92 Å². The second-order valence-electron chi connectivity index (χ2n) is 6.13. The Morgan fingerprint density at radius 1 is 1.29 bits per heavy atom. The Kier molecular flexibility index (Phi) is 5.26. The van der Waals surface area contributed by atoms with Gasteiger partial charge in [-0.15, -0.1) is 0 Å². The molecule has 6 heteroatoms. The van der Waals surface area contributed by atoms with E-state index in [-0.39, 0.29) is 12.2 Å². The van der Waals surface area contributed by atoms with Crippen molar-refractivity contribution in [3.63, 3.8) is 0 Å². The van der Waals surface area contributed by atoms with Crippen LogP contribution in [-0.2, 0) is 4.79 Å². The van der Waals surface area contributed by atoms with Gasteiger partial charge in [0.05, 0.1) is 5.57 Å². The lowest BCUT2D eigenvalue weighted by Crippen LogP contribution is -2.59. The number of carbonyl (C=O) groups is 1. The molecule has 1 aliphatic heterocycles. The standard InChI is InChI=1S/C18H21F3O3/c1-3-4-5-8-12(2)17(18(19,20)21)14(16(22)23)11-13-9-6-7-10-15(13)24-17/h6-7,9-12H,3-5,8H2,1-2H3,(H,22,23). The molecule has 1 N–H and O–H groups in total. The molecule has 0 aromatic heterocycles. The lowest BCUT2D eigenvalue weighted by atomic mass is 9.76. The number of alkyl halides is 3. The number of aliphatic carboxylic acids is 1. The first-order valence-corrected chi connectivity index (χ1v) is 8.04. The molecule has 0 fully saturated rings. The molecule has 2 atom stereocenters. The maximum atomic E-state index is 14.0. The average molecular weight is 342 g/mol. The molecule has 0 saturated carbocycles. The molecule has 0 saturated heterocycles. The van der Waals surface area contributed by atoms with Gasteiger partial charge in [0, 0.05) is 11.5 Å². The number of halogens is 3. The Morgan fingerprint density at radius 2 is 1.96 bits per heavy atom. The van der Waals surface area contributed by atoms with Gasteiger partial charge in [0.25, 0.3) is 0 Å². The molecule has 132 valence electrons. The van der Waals surface area contributed by atoms with Crippen molar-refractivity contribution in [3.8, 4) is 5.75 Å². The molecule has 1 heterocycles. The zero-order chi connectivity index (χ0) is 18.0. The summed E-state index contributed by atoms with van der Waals surface area (Å²) in [5.41, 5.74) is -3.24. The van der Waals surface area contributed by atoms with E-state index in [9.17, 15) is 23.1 Å². The third-order valence-corrected chi connectivity index (χ3v) is 4.48. The van der Waals surface area contributed by atoms with Crippen molar-refractivity contribution >= 4 is 12.0 Å². The number of ether oxygens (including phenoxy) is 1. The van der Waals surface area contributed by atoms with E-state index in [0.717, 1.165) is 18.9 Å². The molecule has 0 aliphatic carbocycles. The first kappa shape index (κ1) is 18.4. The molecular weight excluding hydrogens is 321 g/mol. The maximum Gasteiger partial charge on any atom is 0.433 e. The first-order chi connectivity index (χ1) is 11.2. The molecule has 0 spiro atoms. The van der Waals surface area contributed by atoms with Gasteiger partial charge in [0.2, 0.25) is 5.60 Å². The van der Waals surface area contributed by atoms with E-state index >= 15 is 0 Å². The smallest absolute Gasteiger partial charge is 0.433 e. The van der Waals surface area contributed by atoms with Gasteiger partial charge >= 0.3 is 12.1 Å². The van der Waals surface area contributed by atoms with Crippen molar-refractivity contribution in [1.29, 1.82) is 0 Å². The summed E-state index contributed by atoms with van der Waals surface area (Å²) in [4.78, 5) is 11.6. The third kappa shape index (κ3) is 3.14. The fourth-order valence-corrected chi connectivity index (χ4v) is 3.16. The highest BCUT2D eigenvalue weighted by Gasteiger charge is 2.65. The number of hydrogen-bond donors (Lipinski definition) is 1. The largest absolute Gasteiger partial charge is 0.478 e. The van der Waals surface area contributed by atoms with Crippen LogP contribution in [0.5, 0.6) is 5.75 Å². The summed E-state index contributed by atoms with van der Waals surface area (Å²) in [5, 5.41) is 9.43. The fraction of sp³-hybridized carbons (Fsp3) is 0.500. The quantitative estimate of drug-likeness (QED) is 0.735. The fourth-order valence-electron chi connectivity index (χ4n) is 3.16. The molecule has 0 bridgehead atoms. The number of rotatable bonds is 6. The summed E-state index contributed by atoms with van der Waals surface area (Å²) in [7, 11) is 0. The Balaban J connectivity index is 2.55. The number of hydrogen-bond acceptors (Lipinski definition) is 2. The number of carboxylic acid groups (broad SMARTS) is 1. The summed E-state index contributed by atoms with van der Waals surface area (Å²) in [6.45, 7) is 3.37. The lowest BCUT2D eigenvalue weighted by Gasteiger charge is -2.43. The Morgan fingerprint density at radius 3 is 2.54 bits per heavy atom. The van der Waals surface area contributed by atoms with Crippen LogP contribution >= 0.6 is 0 Å². The van der Waals surface area contributed by atoms with E-state index in [2.05, 4.69) is 0 Å². The number of fused-ring (bicyclic) bond motifs is 1. The van der Waals surface area contributed by atoms with E-state index in [1.54, 1.807) is 18.2 Å². The predicted octanol–water partition coefficient (Wildman–Crippen LogP) is 5.06. The Bertz CT molecular complexity index is 637. The second kappa shape index (κ2) is 6.87. The minimum Gasteiger partial charge on any atom is -0.478 e.